The Bertz CT molecular complexity index is 1000. The molecule has 1 saturated carbocycles. The van der Waals surface area contributed by atoms with Gasteiger partial charge in [-0.15, -0.1) is 0 Å². The van der Waals surface area contributed by atoms with Gasteiger partial charge < -0.3 is 9.88 Å². The van der Waals surface area contributed by atoms with E-state index in [1.54, 1.807) is 0 Å². The molecule has 1 aliphatic carbocycles. The minimum absolute atomic E-state index is 0.277. The zero-order valence-electron chi connectivity index (χ0n) is 16.5. The Labute approximate surface area is 170 Å². The van der Waals surface area contributed by atoms with Crippen molar-refractivity contribution in [3.05, 3.63) is 46.1 Å². The van der Waals surface area contributed by atoms with Gasteiger partial charge in [0.25, 0.3) is 0 Å². The number of halogens is 1. The number of rotatable bonds is 3. The van der Waals surface area contributed by atoms with E-state index in [1.807, 2.05) is 19.9 Å². The summed E-state index contributed by atoms with van der Waals surface area (Å²) in [5.41, 5.74) is 3.92. The summed E-state index contributed by atoms with van der Waals surface area (Å²) in [6, 6.07) is 6.45. The first kappa shape index (κ1) is 17.9. The van der Waals surface area contributed by atoms with E-state index >= 15 is 0 Å². The van der Waals surface area contributed by atoms with Crippen molar-refractivity contribution in [3.8, 4) is 0 Å². The SMILES string of the molecule is Cc1nc(C)nc(N2CCc3c([nH]c4ccc(Cl)cc34)C2CC2CCCC2)n1. The molecule has 0 amide bonds. The normalized spacial score (nSPS) is 20.1. The van der Waals surface area contributed by atoms with Crippen LogP contribution in [0.2, 0.25) is 5.02 Å². The lowest BCUT2D eigenvalue weighted by Gasteiger charge is -2.37. The molecule has 1 fully saturated rings. The van der Waals surface area contributed by atoms with Crippen LogP contribution < -0.4 is 4.90 Å². The van der Waals surface area contributed by atoms with Crippen LogP contribution in [-0.4, -0.2) is 26.5 Å². The molecule has 5 nitrogen and oxygen atoms in total. The summed E-state index contributed by atoms with van der Waals surface area (Å²) in [5, 5.41) is 2.06. The highest BCUT2D eigenvalue weighted by Gasteiger charge is 2.34. The summed E-state index contributed by atoms with van der Waals surface area (Å²) >= 11 is 6.30. The van der Waals surface area contributed by atoms with Crippen LogP contribution in [-0.2, 0) is 6.42 Å². The molecular weight excluding hydrogens is 370 g/mol. The zero-order valence-corrected chi connectivity index (χ0v) is 17.3. The summed E-state index contributed by atoms with van der Waals surface area (Å²) in [4.78, 5) is 19.9. The number of hydrogen-bond acceptors (Lipinski definition) is 4. The Hall–Kier alpha value is -2.14. The van der Waals surface area contributed by atoms with Gasteiger partial charge in [0.15, 0.2) is 0 Å². The fraction of sp³-hybridized carbons (Fsp3) is 0.500. The number of hydrogen-bond donors (Lipinski definition) is 1. The van der Waals surface area contributed by atoms with Gasteiger partial charge in [0.1, 0.15) is 11.6 Å². The average molecular weight is 396 g/mol. The highest BCUT2D eigenvalue weighted by molar-refractivity contribution is 6.31. The molecular formula is C22H26ClN5. The second-order valence-electron chi connectivity index (χ2n) is 8.28. The lowest BCUT2D eigenvalue weighted by atomic mass is 9.90. The minimum atomic E-state index is 0.277. The Morgan fingerprint density at radius 2 is 1.86 bits per heavy atom. The van der Waals surface area contributed by atoms with Gasteiger partial charge in [-0.2, -0.15) is 9.97 Å². The first-order chi connectivity index (χ1) is 13.6. The maximum Gasteiger partial charge on any atom is 0.229 e. The molecule has 1 N–H and O–H groups in total. The Kier molecular flexibility index (Phi) is 4.50. The Morgan fingerprint density at radius 1 is 1.11 bits per heavy atom. The second-order valence-corrected chi connectivity index (χ2v) is 8.72. The zero-order chi connectivity index (χ0) is 19.3. The van der Waals surface area contributed by atoms with Gasteiger partial charge in [-0.25, -0.2) is 4.98 Å². The predicted molar refractivity (Wildman–Crippen MR) is 113 cm³/mol. The molecule has 1 aromatic carbocycles. The largest absolute Gasteiger partial charge is 0.356 e. The first-order valence-electron chi connectivity index (χ1n) is 10.3. The lowest BCUT2D eigenvalue weighted by molar-refractivity contribution is 0.411. The molecule has 1 atom stereocenters. The predicted octanol–water partition coefficient (Wildman–Crippen LogP) is 5.31. The molecule has 3 aromatic rings. The van der Waals surface area contributed by atoms with E-state index in [1.165, 1.54) is 47.8 Å². The van der Waals surface area contributed by atoms with E-state index in [0.717, 1.165) is 47.9 Å². The van der Waals surface area contributed by atoms with Crippen molar-refractivity contribution in [2.45, 2.75) is 58.4 Å². The number of aromatic amines is 1. The molecule has 1 unspecified atom stereocenters. The number of aryl methyl sites for hydroxylation is 2. The number of anilines is 1. The summed E-state index contributed by atoms with van der Waals surface area (Å²) < 4.78 is 0. The summed E-state index contributed by atoms with van der Waals surface area (Å²) in [6.45, 7) is 4.82. The van der Waals surface area contributed by atoms with Gasteiger partial charge in [0.2, 0.25) is 5.95 Å². The monoisotopic (exact) mass is 395 g/mol. The van der Waals surface area contributed by atoms with Crippen molar-refractivity contribution in [2.24, 2.45) is 5.92 Å². The maximum atomic E-state index is 6.30. The van der Waals surface area contributed by atoms with Gasteiger partial charge in [-0.3, -0.25) is 0 Å². The van der Waals surface area contributed by atoms with Crippen LogP contribution in [0.1, 0.15) is 61.1 Å². The third kappa shape index (κ3) is 3.16. The fourth-order valence-electron chi connectivity index (χ4n) is 5.11. The van der Waals surface area contributed by atoms with Crippen molar-refractivity contribution in [2.75, 3.05) is 11.4 Å². The molecule has 3 heterocycles. The van der Waals surface area contributed by atoms with Crippen molar-refractivity contribution in [1.82, 2.24) is 19.9 Å². The van der Waals surface area contributed by atoms with E-state index in [-0.39, 0.29) is 6.04 Å². The number of benzene rings is 1. The molecule has 28 heavy (non-hydrogen) atoms. The summed E-state index contributed by atoms with van der Waals surface area (Å²) in [7, 11) is 0. The molecule has 0 spiro atoms. The molecule has 2 aromatic heterocycles. The quantitative estimate of drug-likeness (QED) is 0.653. The molecule has 2 aliphatic rings. The molecule has 1 aliphatic heterocycles. The fourth-order valence-corrected chi connectivity index (χ4v) is 5.28. The molecule has 146 valence electrons. The Balaban J connectivity index is 1.61. The van der Waals surface area contributed by atoms with Crippen LogP contribution in [0.4, 0.5) is 5.95 Å². The number of nitrogens with one attached hydrogen (secondary N) is 1. The first-order valence-corrected chi connectivity index (χ1v) is 10.7. The van der Waals surface area contributed by atoms with Crippen LogP contribution in [0.3, 0.4) is 0 Å². The van der Waals surface area contributed by atoms with Gasteiger partial charge in [-0.05, 0) is 56.4 Å². The Morgan fingerprint density at radius 3 is 2.61 bits per heavy atom. The standard InChI is InChI=1S/C22H26ClN5/c1-13-24-14(2)26-22(25-13)28-10-9-17-18-12-16(23)7-8-19(18)27-21(17)20(28)11-15-5-3-4-6-15/h7-8,12,15,20,27H,3-6,9-11H2,1-2H3. The molecule has 6 heteroatoms. The summed E-state index contributed by atoms with van der Waals surface area (Å²) in [6.07, 6.45) is 7.51. The molecule has 5 rings (SSSR count). The molecule has 0 bridgehead atoms. The van der Waals surface area contributed by atoms with Crippen LogP contribution in [0.5, 0.6) is 0 Å². The molecule has 0 radical (unpaired) electrons. The minimum Gasteiger partial charge on any atom is -0.356 e. The van der Waals surface area contributed by atoms with Crippen LogP contribution in [0, 0.1) is 19.8 Å². The van der Waals surface area contributed by atoms with Gasteiger partial charge >= 0.3 is 0 Å². The third-order valence-corrected chi connectivity index (χ3v) is 6.58. The van der Waals surface area contributed by atoms with Crippen LogP contribution in [0.25, 0.3) is 10.9 Å². The van der Waals surface area contributed by atoms with Crippen molar-refractivity contribution >= 4 is 28.5 Å². The number of nitrogens with zero attached hydrogens (tertiary/aromatic N) is 4. The number of fused-ring (bicyclic) bond motifs is 3. The topological polar surface area (TPSA) is 57.7 Å². The molecule has 0 saturated heterocycles. The third-order valence-electron chi connectivity index (χ3n) is 6.35. The van der Waals surface area contributed by atoms with E-state index in [2.05, 4.69) is 27.0 Å². The van der Waals surface area contributed by atoms with Crippen molar-refractivity contribution < 1.29 is 0 Å². The smallest absolute Gasteiger partial charge is 0.229 e. The van der Waals surface area contributed by atoms with E-state index < -0.39 is 0 Å². The average Bonchev–Trinajstić information content (AvgIpc) is 3.29. The van der Waals surface area contributed by atoms with Crippen molar-refractivity contribution in [1.29, 1.82) is 0 Å². The second kappa shape index (κ2) is 7.03. The van der Waals surface area contributed by atoms with Crippen molar-refractivity contribution in [3.63, 3.8) is 0 Å². The highest BCUT2D eigenvalue weighted by Crippen LogP contribution is 2.42. The van der Waals surface area contributed by atoms with E-state index in [9.17, 15) is 0 Å². The van der Waals surface area contributed by atoms with E-state index in [4.69, 9.17) is 21.6 Å². The maximum absolute atomic E-state index is 6.30. The highest BCUT2D eigenvalue weighted by atomic mass is 35.5. The van der Waals surface area contributed by atoms with Gasteiger partial charge in [0, 0.05) is 28.2 Å². The lowest BCUT2D eigenvalue weighted by Crippen LogP contribution is -2.38. The van der Waals surface area contributed by atoms with Gasteiger partial charge in [0.05, 0.1) is 6.04 Å². The van der Waals surface area contributed by atoms with Gasteiger partial charge in [-0.1, -0.05) is 37.3 Å². The number of aromatic nitrogens is 4. The van der Waals surface area contributed by atoms with Crippen LogP contribution >= 0.6 is 11.6 Å². The van der Waals surface area contributed by atoms with E-state index in [0.29, 0.717) is 0 Å². The number of H-pyrrole nitrogens is 1. The summed E-state index contributed by atoms with van der Waals surface area (Å²) in [5.74, 6) is 3.17. The van der Waals surface area contributed by atoms with Crippen LogP contribution in [0.15, 0.2) is 18.2 Å².